The number of hydrogen-bond acceptors (Lipinski definition) is 3. The summed E-state index contributed by atoms with van der Waals surface area (Å²) in [5.74, 6) is 1.15. The van der Waals surface area contributed by atoms with Crippen molar-refractivity contribution < 1.29 is 9.21 Å². The Morgan fingerprint density at radius 1 is 1.38 bits per heavy atom. The van der Waals surface area contributed by atoms with Gasteiger partial charge in [0, 0.05) is 18.5 Å². The number of carbonyl (C=O) groups is 1. The van der Waals surface area contributed by atoms with E-state index in [1.807, 2.05) is 6.07 Å². The Hall–Kier alpha value is -1.84. The second-order valence-electron chi connectivity index (χ2n) is 6.00. The number of amides is 1. The zero-order chi connectivity index (χ0) is 15.4. The van der Waals surface area contributed by atoms with E-state index in [1.165, 1.54) is 0 Å². The molecule has 0 saturated carbocycles. The molecule has 1 aromatic carbocycles. The maximum Gasteiger partial charge on any atom is 0.251 e. The first-order chi connectivity index (χ1) is 9.99. The maximum absolute atomic E-state index is 12.4. The number of fused-ring (bicyclic) bond motifs is 1. The topological polar surface area (TPSA) is 55.1 Å². The molecule has 1 N–H and O–H groups in total. The van der Waals surface area contributed by atoms with Crippen LogP contribution in [0.1, 0.15) is 56.3 Å². The summed E-state index contributed by atoms with van der Waals surface area (Å²) in [6, 6.07) is 5.63. The van der Waals surface area contributed by atoms with Crippen molar-refractivity contribution in [3.05, 3.63) is 29.7 Å². The molecule has 1 amide bonds. The molecule has 4 nitrogen and oxygen atoms in total. The highest BCUT2D eigenvalue weighted by atomic mass is 16.3. The maximum atomic E-state index is 12.4. The van der Waals surface area contributed by atoms with Crippen LogP contribution in [-0.2, 0) is 0 Å². The van der Waals surface area contributed by atoms with Crippen LogP contribution in [0, 0.1) is 12.8 Å². The van der Waals surface area contributed by atoms with Gasteiger partial charge in [-0.2, -0.15) is 0 Å². The zero-order valence-electron chi connectivity index (χ0n) is 13.3. The number of hydrogen-bond donors (Lipinski definition) is 1. The Bertz CT molecular complexity index is 616. The van der Waals surface area contributed by atoms with Gasteiger partial charge in [-0.3, -0.25) is 4.79 Å². The van der Waals surface area contributed by atoms with Crippen LogP contribution in [0.3, 0.4) is 0 Å². The molecule has 0 saturated heterocycles. The number of nitrogens with one attached hydrogen (secondary N) is 1. The van der Waals surface area contributed by atoms with Gasteiger partial charge in [0.2, 0.25) is 0 Å². The highest BCUT2D eigenvalue weighted by Gasteiger charge is 2.15. The average molecular weight is 288 g/mol. The molecule has 0 aliphatic carbocycles. The fourth-order valence-electron chi connectivity index (χ4n) is 2.62. The van der Waals surface area contributed by atoms with Crippen LogP contribution in [0.2, 0.25) is 0 Å². The zero-order valence-corrected chi connectivity index (χ0v) is 13.3. The molecule has 1 heterocycles. The van der Waals surface area contributed by atoms with Crippen LogP contribution in [-0.4, -0.2) is 16.9 Å². The van der Waals surface area contributed by atoms with Crippen molar-refractivity contribution >= 4 is 17.0 Å². The minimum Gasteiger partial charge on any atom is -0.441 e. The Morgan fingerprint density at radius 2 is 2.14 bits per heavy atom. The van der Waals surface area contributed by atoms with Gasteiger partial charge in [-0.25, -0.2) is 4.98 Å². The van der Waals surface area contributed by atoms with E-state index in [0.29, 0.717) is 23.0 Å². The van der Waals surface area contributed by atoms with Crippen LogP contribution >= 0.6 is 0 Å². The van der Waals surface area contributed by atoms with Crippen molar-refractivity contribution in [2.45, 2.75) is 53.0 Å². The molecule has 1 unspecified atom stereocenters. The van der Waals surface area contributed by atoms with E-state index in [0.717, 1.165) is 24.8 Å². The first-order valence-corrected chi connectivity index (χ1v) is 7.67. The first kappa shape index (κ1) is 15.5. The molecule has 0 aliphatic heterocycles. The normalized spacial score (nSPS) is 12.8. The van der Waals surface area contributed by atoms with Gasteiger partial charge in [0.1, 0.15) is 5.52 Å². The Kier molecular flexibility index (Phi) is 4.99. The molecule has 114 valence electrons. The minimum absolute atomic E-state index is 0.0370. The van der Waals surface area contributed by atoms with Gasteiger partial charge >= 0.3 is 0 Å². The molecule has 0 bridgehead atoms. The van der Waals surface area contributed by atoms with Crippen molar-refractivity contribution in [2.75, 3.05) is 0 Å². The predicted octanol–water partition coefficient (Wildman–Crippen LogP) is 4.08. The standard InChI is InChI=1S/C17H24N2O2/c1-5-6-14(9-11(2)3)19-17(20)13-7-8-15-16(10-13)21-12(4)18-15/h7-8,10-11,14H,5-6,9H2,1-4H3,(H,19,20). The van der Waals surface area contributed by atoms with Crippen molar-refractivity contribution in [1.29, 1.82) is 0 Å². The van der Waals surface area contributed by atoms with Gasteiger partial charge in [0.05, 0.1) is 0 Å². The van der Waals surface area contributed by atoms with E-state index in [-0.39, 0.29) is 11.9 Å². The molecule has 21 heavy (non-hydrogen) atoms. The van der Waals surface area contributed by atoms with Gasteiger partial charge in [-0.15, -0.1) is 0 Å². The number of carbonyl (C=O) groups excluding carboxylic acids is 1. The Balaban J connectivity index is 2.12. The number of benzene rings is 1. The number of aryl methyl sites for hydroxylation is 1. The summed E-state index contributed by atoms with van der Waals surface area (Å²) in [7, 11) is 0. The number of aromatic nitrogens is 1. The summed E-state index contributed by atoms with van der Waals surface area (Å²) in [6.45, 7) is 8.30. The van der Waals surface area contributed by atoms with Crippen molar-refractivity contribution in [2.24, 2.45) is 5.92 Å². The molecule has 0 aliphatic rings. The summed E-state index contributed by atoms with van der Waals surface area (Å²) in [5.41, 5.74) is 2.08. The third kappa shape index (κ3) is 4.06. The van der Waals surface area contributed by atoms with E-state index in [1.54, 1.807) is 19.1 Å². The van der Waals surface area contributed by atoms with Crippen molar-refractivity contribution in [3.63, 3.8) is 0 Å². The second-order valence-corrected chi connectivity index (χ2v) is 6.00. The van der Waals surface area contributed by atoms with Gasteiger partial charge in [0.15, 0.2) is 11.5 Å². The molecule has 0 radical (unpaired) electrons. The molecule has 4 heteroatoms. The van der Waals surface area contributed by atoms with E-state index < -0.39 is 0 Å². The molecule has 0 fully saturated rings. The quantitative estimate of drug-likeness (QED) is 0.871. The smallest absolute Gasteiger partial charge is 0.251 e. The Labute approximate surface area is 125 Å². The van der Waals surface area contributed by atoms with Crippen LogP contribution < -0.4 is 5.32 Å². The van der Waals surface area contributed by atoms with Gasteiger partial charge < -0.3 is 9.73 Å². The Morgan fingerprint density at radius 3 is 2.81 bits per heavy atom. The molecular formula is C17H24N2O2. The summed E-state index contributed by atoms with van der Waals surface area (Å²) in [5, 5.41) is 3.14. The summed E-state index contributed by atoms with van der Waals surface area (Å²) in [6.07, 6.45) is 3.08. The van der Waals surface area contributed by atoms with Crippen LogP contribution in [0.25, 0.3) is 11.1 Å². The van der Waals surface area contributed by atoms with E-state index >= 15 is 0 Å². The highest BCUT2D eigenvalue weighted by molar-refractivity contribution is 5.97. The third-order valence-corrected chi connectivity index (χ3v) is 3.49. The first-order valence-electron chi connectivity index (χ1n) is 7.67. The minimum atomic E-state index is -0.0370. The molecule has 2 rings (SSSR count). The lowest BCUT2D eigenvalue weighted by Gasteiger charge is -2.20. The lowest BCUT2D eigenvalue weighted by Crippen LogP contribution is -2.35. The van der Waals surface area contributed by atoms with E-state index in [4.69, 9.17) is 4.42 Å². The number of oxazole rings is 1. The molecule has 0 spiro atoms. The van der Waals surface area contributed by atoms with Gasteiger partial charge in [-0.1, -0.05) is 27.2 Å². The highest BCUT2D eigenvalue weighted by Crippen LogP contribution is 2.17. The van der Waals surface area contributed by atoms with Crippen molar-refractivity contribution in [3.8, 4) is 0 Å². The van der Waals surface area contributed by atoms with Gasteiger partial charge in [-0.05, 0) is 37.0 Å². The molecule has 2 aromatic rings. The van der Waals surface area contributed by atoms with Crippen LogP contribution in [0.4, 0.5) is 0 Å². The lowest BCUT2D eigenvalue weighted by molar-refractivity contribution is 0.0930. The second kappa shape index (κ2) is 6.74. The average Bonchev–Trinajstić information content (AvgIpc) is 2.77. The third-order valence-electron chi connectivity index (χ3n) is 3.49. The van der Waals surface area contributed by atoms with Crippen LogP contribution in [0.5, 0.6) is 0 Å². The molecular weight excluding hydrogens is 264 g/mol. The molecule has 1 aromatic heterocycles. The fraction of sp³-hybridized carbons (Fsp3) is 0.529. The number of rotatable bonds is 6. The van der Waals surface area contributed by atoms with E-state index in [2.05, 4.69) is 31.1 Å². The fourth-order valence-corrected chi connectivity index (χ4v) is 2.62. The van der Waals surface area contributed by atoms with Crippen molar-refractivity contribution in [1.82, 2.24) is 10.3 Å². The largest absolute Gasteiger partial charge is 0.441 e. The monoisotopic (exact) mass is 288 g/mol. The SMILES string of the molecule is CCCC(CC(C)C)NC(=O)c1ccc2nc(C)oc2c1. The number of nitrogens with zero attached hydrogens (tertiary/aromatic N) is 1. The summed E-state index contributed by atoms with van der Waals surface area (Å²) in [4.78, 5) is 16.6. The van der Waals surface area contributed by atoms with Crippen LogP contribution in [0.15, 0.2) is 22.6 Å². The summed E-state index contributed by atoms with van der Waals surface area (Å²) < 4.78 is 5.48. The summed E-state index contributed by atoms with van der Waals surface area (Å²) >= 11 is 0. The predicted molar refractivity (Wildman–Crippen MR) is 84.4 cm³/mol. The molecule has 1 atom stereocenters. The van der Waals surface area contributed by atoms with Gasteiger partial charge in [0.25, 0.3) is 5.91 Å². The lowest BCUT2D eigenvalue weighted by atomic mass is 9.99. The van der Waals surface area contributed by atoms with E-state index in [9.17, 15) is 4.79 Å².